The number of ether oxygens (including phenoxy) is 3. The highest BCUT2D eigenvalue weighted by Gasteiger charge is 2.03. The van der Waals surface area contributed by atoms with Crippen molar-refractivity contribution in [3.05, 3.63) is 11.8 Å². The van der Waals surface area contributed by atoms with Crippen molar-refractivity contribution in [2.45, 2.75) is 53.4 Å². The Bertz CT molecular complexity index is 261. The SMILES string of the molecule is CCCOC(=O)OC/C=C(\CC)OCCC(C)CC. The van der Waals surface area contributed by atoms with E-state index in [1.165, 1.54) is 6.42 Å². The van der Waals surface area contributed by atoms with Crippen molar-refractivity contribution in [2.24, 2.45) is 5.92 Å². The molecule has 0 spiro atoms. The van der Waals surface area contributed by atoms with E-state index in [0.717, 1.165) is 31.6 Å². The number of rotatable bonds is 10. The molecule has 1 unspecified atom stereocenters. The maximum atomic E-state index is 11.1. The topological polar surface area (TPSA) is 44.8 Å². The summed E-state index contributed by atoms with van der Waals surface area (Å²) in [6, 6.07) is 0. The van der Waals surface area contributed by atoms with Crippen LogP contribution >= 0.6 is 0 Å². The highest BCUT2D eigenvalue weighted by Crippen LogP contribution is 2.10. The Labute approximate surface area is 117 Å². The van der Waals surface area contributed by atoms with Gasteiger partial charge >= 0.3 is 6.16 Å². The van der Waals surface area contributed by atoms with Gasteiger partial charge in [0.2, 0.25) is 0 Å². The highest BCUT2D eigenvalue weighted by atomic mass is 16.7. The van der Waals surface area contributed by atoms with E-state index in [1.54, 1.807) is 6.08 Å². The summed E-state index contributed by atoms with van der Waals surface area (Å²) in [5, 5.41) is 0. The number of allylic oxidation sites excluding steroid dienone is 1. The fourth-order valence-electron chi connectivity index (χ4n) is 1.33. The van der Waals surface area contributed by atoms with Crippen LogP contribution in [0.5, 0.6) is 0 Å². The van der Waals surface area contributed by atoms with E-state index in [4.69, 9.17) is 14.2 Å². The Morgan fingerprint density at radius 2 is 1.84 bits per heavy atom. The van der Waals surface area contributed by atoms with Crippen LogP contribution in [0.25, 0.3) is 0 Å². The van der Waals surface area contributed by atoms with Crippen LogP contribution in [0.1, 0.15) is 53.4 Å². The second-order valence-electron chi connectivity index (χ2n) is 4.58. The van der Waals surface area contributed by atoms with Crippen LogP contribution in [0.4, 0.5) is 4.79 Å². The van der Waals surface area contributed by atoms with Gasteiger partial charge in [0, 0.05) is 6.42 Å². The monoisotopic (exact) mass is 272 g/mol. The summed E-state index contributed by atoms with van der Waals surface area (Å²) < 4.78 is 15.4. The van der Waals surface area contributed by atoms with Crippen molar-refractivity contribution in [1.29, 1.82) is 0 Å². The summed E-state index contributed by atoms with van der Waals surface area (Å²) in [4.78, 5) is 11.1. The molecular weight excluding hydrogens is 244 g/mol. The summed E-state index contributed by atoms with van der Waals surface area (Å²) in [6.45, 7) is 9.67. The van der Waals surface area contributed by atoms with Crippen LogP contribution in [0.2, 0.25) is 0 Å². The number of carbonyl (C=O) groups is 1. The molecule has 0 fully saturated rings. The van der Waals surface area contributed by atoms with Crippen molar-refractivity contribution in [3.63, 3.8) is 0 Å². The van der Waals surface area contributed by atoms with Gasteiger partial charge in [-0.1, -0.05) is 34.1 Å². The third-order valence-corrected chi connectivity index (χ3v) is 2.88. The Kier molecular flexibility index (Phi) is 11.1. The van der Waals surface area contributed by atoms with E-state index in [-0.39, 0.29) is 6.61 Å². The minimum absolute atomic E-state index is 0.203. The Morgan fingerprint density at radius 3 is 2.42 bits per heavy atom. The van der Waals surface area contributed by atoms with Gasteiger partial charge in [-0.15, -0.1) is 0 Å². The standard InChI is InChI=1S/C15H28O4/c1-5-10-18-15(16)19-12-9-14(7-3)17-11-8-13(4)6-2/h9,13H,5-8,10-12H2,1-4H3/b14-9+. The van der Waals surface area contributed by atoms with Crippen LogP contribution in [-0.4, -0.2) is 26.0 Å². The molecule has 0 aromatic carbocycles. The average Bonchev–Trinajstić information content (AvgIpc) is 2.42. The van der Waals surface area contributed by atoms with E-state index >= 15 is 0 Å². The smallest absolute Gasteiger partial charge is 0.498 e. The van der Waals surface area contributed by atoms with E-state index in [1.807, 2.05) is 13.8 Å². The lowest BCUT2D eigenvalue weighted by Gasteiger charge is -2.12. The van der Waals surface area contributed by atoms with E-state index < -0.39 is 6.16 Å². The second-order valence-corrected chi connectivity index (χ2v) is 4.58. The molecule has 0 aromatic rings. The third kappa shape index (κ3) is 10.4. The summed E-state index contributed by atoms with van der Waals surface area (Å²) >= 11 is 0. The Balaban J connectivity index is 3.82. The van der Waals surface area contributed by atoms with Gasteiger partial charge in [0.15, 0.2) is 0 Å². The molecule has 0 radical (unpaired) electrons. The molecule has 0 bridgehead atoms. The molecule has 1 atom stereocenters. The van der Waals surface area contributed by atoms with Gasteiger partial charge in [0.1, 0.15) is 6.61 Å². The van der Waals surface area contributed by atoms with Crippen molar-refractivity contribution in [3.8, 4) is 0 Å². The number of carbonyl (C=O) groups excluding carboxylic acids is 1. The third-order valence-electron chi connectivity index (χ3n) is 2.88. The van der Waals surface area contributed by atoms with Crippen molar-refractivity contribution in [1.82, 2.24) is 0 Å². The first-order valence-corrected chi connectivity index (χ1v) is 7.25. The molecule has 19 heavy (non-hydrogen) atoms. The summed E-state index contributed by atoms with van der Waals surface area (Å²) in [5.74, 6) is 1.55. The van der Waals surface area contributed by atoms with E-state index in [0.29, 0.717) is 12.5 Å². The summed E-state index contributed by atoms with van der Waals surface area (Å²) in [7, 11) is 0. The summed E-state index contributed by atoms with van der Waals surface area (Å²) in [6.07, 6.45) is 4.99. The van der Waals surface area contributed by atoms with Crippen LogP contribution < -0.4 is 0 Å². The first kappa shape index (κ1) is 17.8. The fourth-order valence-corrected chi connectivity index (χ4v) is 1.33. The fraction of sp³-hybridized carbons (Fsp3) is 0.800. The molecule has 0 N–H and O–H groups in total. The molecule has 4 heteroatoms. The first-order valence-electron chi connectivity index (χ1n) is 7.25. The average molecular weight is 272 g/mol. The summed E-state index contributed by atoms with van der Waals surface area (Å²) in [5.41, 5.74) is 0. The van der Waals surface area contributed by atoms with Gasteiger partial charge in [-0.05, 0) is 24.8 Å². The molecule has 0 aliphatic rings. The molecule has 0 heterocycles. The Hall–Kier alpha value is -1.19. The molecule has 4 nitrogen and oxygen atoms in total. The molecule has 0 aliphatic heterocycles. The lowest BCUT2D eigenvalue weighted by atomic mass is 10.1. The molecule has 0 aromatic heterocycles. The second kappa shape index (κ2) is 11.9. The van der Waals surface area contributed by atoms with Gasteiger partial charge < -0.3 is 14.2 Å². The lowest BCUT2D eigenvalue weighted by molar-refractivity contribution is 0.0624. The number of hydrogen-bond donors (Lipinski definition) is 0. The normalized spacial score (nSPS) is 12.9. The van der Waals surface area contributed by atoms with Gasteiger partial charge in [-0.3, -0.25) is 0 Å². The van der Waals surface area contributed by atoms with Gasteiger partial charge in [-0.2, -0.15) is 0 Å². The van der Waals surface area contributed by atoms with Gasteiger partial charge in [-0.25, -0.2) is 4.79 Å². The van der Waals surface area contributed by atoms with E-state index in [9.17, 15) is 4.79 Å². The largest absolute Gasteiger partial charge is 0.508 e. The van der Waals surface area contributed by atoms with Crippen LogP contribution in [0, 0.1) is 5.92 Å². The van der Waals surface area contributed by atoms with Crippen LogP contribution in [0.3, 0.4) is 0 Å². The molecule has 0 saturated heterocycles. The molecule has 0 saturated carbocycles. The molecular formula is C15H28O4. The predicted molar refractivity (Wildman–Crippen MR) is 76.0 cm³/mol. The quantitative estimate of drug-likeness (QED) is 0.439. The molecule has 112 valence electrons. The predicted octanol–water partition coefficient (Wildman–Crippen LogP) is 4.30. The maximum absolute atomic E-state index is 11.1. The number of hydrogen-bond acceptors (Lipinski definition) is 4. The molecule has 0 rings (SSSR count). The molecule has 0 aliphatic carbocycles. The first-order chi connectivity index (χ1) is 9.13. The zero-order valence-corrected chi connectivity index (χ0v) is 12.7. The minimum atomic E-state index is -0.617. The molecule has 0 amide bonds. The minimum Gasteiger partial charge on any atom is -0.498 e. The van der Waals surface area contributed by atoms with Gasteiger partial charge in [0.05, 0.1) is 19.0 Å². The van der Waals surface area contributed by atoms with Crippen molar-refractivity contribution >= 4 is 6.16 Å². The van der Waals surface area contributed by atoms with Crippen molar-refractivity contribution < 1.29 is 19.0 Å². The van der Waals surface area contributed by atoms with Gasteiger partial charge in [0.25, 0.3) is 0 Å². The van der Waals surface area contributed by atoms with Crippen LogP contribution in [0.15, 0.2) is 11.8 Å². The highest BCUT2D eigenvalue weighted by molar-refractivity contribution is 5.59. The van der Waals surface area contributed by atoms with Crippen molar-refractivity contribution in [2.75, 3.05) is 19.8 Å². The maximum Gasteiger partial charge on any atom is 0.508 e. The zero-order chi connectivity index (χ0) is 14.5. The van der Waals surface area contributed by atoms with E-state index in [2.05, 4.69) is 13.8 Å². The zero-order valence-electron chi connectivity index (χ0n) is 12.7. The Morgan fingerprint density at radius 1 is 1.11 bits per heavy atom. The lowest BCUT2D eigenvalue weighted by Crippen LogP contribution is -2.08. The van der Waals surface area contributed by atoms with Crippen LogP contribution in [-0.2, 0) is 14.2 Å².